The predicted molar refractivity (Wildman–Crippen MR) is 227 cm³/mol. The van der Waals surface area contributed by atoms with Crippen LogP contribution >= 0.6 is 0 Å². The van der Waals surface area contributed by atoms with E-state index in [1.807, 2.05) is 0 Å². The Labute approximate surface area is 313 Å². The summed E-state index contributed by atoms with van der Waals surface area (Å²) < 4.78 is 0. The molecule has 0 saturated heterocycles. The Morgan fingerprint density at radius 1 is 0.377 bits per heavy atom. The Morgan fingerprint density at radius 3 is 1.34 bits per heavy atom. The van der Waals surface area contributed by atoms with E-state index in [-0.39, 0.29) is 5.41 Å². The van der Waals surface area contributed by atoms with Gasteiger partial charge in [0, 0.05) is 39.2 Å². The fourth-order valence-electron chi connectivity index (χ4n) is 8.27. The lowest BCUT2D eigenvalue weighted by molar-refractivity contribution is 0.661. The molecule has 0 amide bonds. The van der Waals surface area contributed by atoms with Crippen molar-refractivity contribution in [2.75, 3.05) is 9.80 Å². The van der Waals surface area contributed by atoms with E-state index < -0.39 is 0 Å². The van der Waals surface area contributed by atoms with Crippen LogP contribution in [0.3, 0.4) is 0 Å². The van der Waals surface area contributed by atoms with Gasteiger partial charge < -0.3 is 9.80 Å². The van der Waals surface area contributed by atoms with Gasteiger partial charge in [0.25, 0.3) is 0 Å². The molecule has 0 atom stereocenters. The van der Waals surface area contributed by atoms with E-state index in [9.17, 15) is 0 Å². The first kappa shape index (κ1) is 32.8. The van der Waals surface area contributed by atoms with E-state index in [4.69, 9.17) is 0 Å². The van der Waals surface area contributed by atoms with Gasteiger partial charge in [-0.1, -0.05) is 115 Å². The number of benzene rings is 8. The minimum atomic E-state index is -0.215. The second-order valence-corrected chi connectivity index (χ2v) is 15.4. The minimum Gasteiger partial charge on any atom is -0.310 e. The largest absolute Gasteiger partial charge is 0.310 e. The average Bonchev–Trinajstić information content (AvgIpc) is 3.39. The minimum absolute atomic E-state index is 0.215. The molecule has 0 bridgehead atoms. The Bertz CT molecular complexity index is 2560. The number of rotatable bonds is 6. The molecule has 0 fully saturated rings. The van der Waals surface area contributed by atoms with Gasteiger partial charge in [-0.25, -0.2) is 0 Å². The molecular weight excluding hydrogens is 641 g/mol. The Morgan fingerprint density at radius 2 is 0.830 bits per heavy atom. The zero-order chi connectivity index (χ0) is 36.4. The van der Waals surface area contributed by atoms with Crippen molar-refractivity contribution in [1.82, 2.24) is 0 Å². The molecule has 1 aliphatic carbocycles. The molecule has 258 valence electrons. The SMILES string of the molecule is Cc1ccc(N(c2ccc(C)cc2)c2ccc3cc4c(cc3c2)C(C)(C)c2cc(N(c3ccc(C)cc3)c3ccc(C)cc3)c3ccccc3c2-4)cc1. The first-order valence-corrected chi connectivity index (χ1v) is 18.7. The smallest absolute Gasteiger partial charge is 0.0543 e. The van der Waals surface area contributed by atoms with Gasteiger partial charge in [0.05, 0.1) is 5.69 Å². The van der Waals surface area contributed by atoms with Gasteiger partial charge in [0.2, 0.25) is 0 Å². The van der Waals surface area contributed by atoms with Crippen molar-refractivity contribution >= 4 is 55.7 Å². The van der Waals surface area contributed by atoms with E-state index in [2.05, 4.69) is 209 Å². The lowest BCUT2D eigenvalue weighted by Crippen LogP contribution is -2.17. The molecule has 1 aliphatic rings. The van der Waals surface area contributed by atoms with Gasteiger partial charge in [-0.3, -0.25) is 0 Å². The lowest BCUT2D eigenvalue weighted by Gasteiger charge is -2.30. The Kier molecular flexibility index (Phi) is 7.75. The zero-order valence-electron chi connectivity index (χ0n) is 31.4. The highest BCUT2D eigenvalue weighted by atomic mass is 15.1. The molecule has 0 unspecified atom stereocenters. The quantitative estimate of drug-likeness (QED) is 0.172. The molecule has 0 spiro atoms. The van der Waals surface area contributed by atoms with Crippen LogP contribution in [-0.2, 0) is 5.41 Å². The molecule has 0 saturated carbocycles. The summed E-state index contributed by atoms with van der Waals surface area (Å²) in [6, 6.07) is 58.8. The monoisotopic (exact) mass is 684 g/mol. The molecule has 0 aromatic heterocycles. The number of nitrogens with zero attached hydrogens (tertiary/aromatic N) is 2. The predicted octanol–water partition coefficient (Wildman–Crippen LogP) is 14.5. The summed E-state index contributed by atoms with van der Waals surface area (Å²) in [4.78, 5) is 4.81. The summed E-state index contributed by atoms with van der Waals surface area (Å²) in [7, 11) is 0. The third kappa shape index (κ3) is 5.57. The van der Waals surface area contributed by atoms with Crippen LogP contribution in [0.2, 0.25) is 0 Å². The molecule has 9 rings (SSSR count). The van der Waals surface area contributed by atoms with E-state index in [1.165, 1.54) is 71.7 Å². The molecule has 0 N–H and O–H groups in total. The van der Waals surface area contributed by atoms with Crippen molar-refractivity contribution < 1.29 is 0 Å². The Balaban J connectivity index is 1.23. The zero-order valence-corrected chi connectivity index (χ0v) is 31.4. The molecular formula is C51H44N2. The summed E-state index contributed by atoms with van der Waals surface area (Å²) in [6.07, 6.45) is 0. The van der Waals surface area contributed by atoms with Crippen molar-refractivity contribution in [3.8, 4) is 11.1 Å². The first-order valence-electron chi connectivity index (χ1n) is 18.7. The molecule has 2 nitrogen and oxygen atoms in total. The van der Waals surface area contributed by atoms with Crippen molar-refractivity contribution in [2.45, 2.75) is 47.0 Å². The number of aryl methyl sites for hydroxylation is 4. The van der Waals surface area contributed by atoms with Crippen LogP contribution in [-0.4, -0.2) is 0 Å². The third-order valence-corrected chi connectivity index (χ3v) is 11.3. The molecule has 8 aromatic carbocycles. The van der Waals surface area contributed by atoms with Crippen LogP contribution in [0, 0.1) is 27.7 Å². The van der Waals surface area contributed by atoms with Crippen LogP contribution < -0.4 is 9.80 Å². The molecule has 8 aromatic rings. The van der Waals surface area contributed by atoms with Gasteiger partial charge in [-0.2, -0.15) is 0 Å². The summed E-state index contributed by atoms with van der Waals surface area (Å²) in [6.45, 7) is 13.4. The van der Waals surface area contributed by atoms with Crippen molar-refractivity contribution in [3.63, 3.8) is 0 Å². The van der Waals surface area contributed by atoms with Crippen LogP contribution in [0.15, 0.2) is 158 Å². The number of hydrogen-bond acceptors (Lipinski definition) is 2. The number of fused-ring (bicyclic) bond motifs is 6. The van der Waals surface area contributed by atoms with Gasteiger partial charge in [-0.05, 0) is 145 Å². The topological polar surface area (TPSA) is 6.48 Å². The molecule has 0 aliphatic heterocycles. The average molecular weight is 685 g/mol. The third-order valence-electron chi connectivity index (χ3n) is 11.3. The summed E-state index contributed by atoms with van der Waals surface area (Å²) in [5, 5.41) is 5.03. The van der Waals surface area contributed by atoms with Gasteiger partial charge in [0.15, 0.2) is 0 Å². The maximum atomic E-state index is 2.48. The Hall–Kier alpha value is -6.12. The number of hydrogen-bond donors (Lipinski definition) is 0. The summed E-state index contributed by atoms with van der Waals surface area (Å²) in [5.41, 5.74) is 17.2. The molecule has 0 heterocycles. The second-order valence-electron chi connectivity index (χ2n) is 15.4. The fourth-order valence-corrected chi connectivity index (χ4v) is 8.27. The van der Waals surface area contributed by atoms with Crippen LogP contribution in [0.5, 0.6) is 0 Å². The highest BCUT2D eigenvalue weighted by Crippen LogP contribution is 2.55. The van der Waals surface area contributed by atoms with Crippen molar-refractivity contribution in [1.29, 1.82) is 0 Å². The summed E-state index contributed by atoms with van der Waals surface area (Å²) >= 11 is 0. The van der Waals surface area contributed by atoms with Crippen LogP contribution in [0.25, 0.3) is 32.7 Å². The molecule has 53 heavy (non-hydrogen) atoms. The van der Waals surface area contributed by atoms with E-state index in [0.29, 0.717) is 0 Å². The van der Waals surface area contributed by atoms with Crippen molar-refractivity contribution in [2.24, 2.45) is 0 Å². The highest BCUT2D eigenvalue weighted by Gasteiger charge is 2.38. The van der Waals surface area contributed by atoms with Gasteiger partial charge in [0.1, 0.15) is 0 Å². The van der Waals surface area contributed by atoms with Crippen LogP contribution in [0.1, 0.15) is 47.2 Å². The van der Waals surface area contributed by atoms with E-state index >= 15 is 0 Å². The normalized spacial score (nSPS) is 12.9. The fraction of sp³-hybridized carbons (Fsp3) is 0.137. The first-order chi connectivity index (χ1) is 25.7. The van der Waals surface area contributed by atoms with Gasteiger partial charge in [-0.15, -0.1) is 0 Å². The second kappa shape index (κ2) is 12.5. The van der Waals surface area contributed by atoms with E-state index in [0.717, 1.165) is 28.4 Å². The lowest BCUT2D eigenvalue weighted by atomic mass is 9.81. The highest BCUT2D eigenvalue weighted by molar-refractivity contribution is 6.11. The van der Waals surface area contributed by atoms with E-state index in [1.54, 1.807) is 0 Å². The summed E-state index contributed by atoms with van der Waals surface area (Å²) in [5.74, 6) is 0. The van der Waals surface area contributed by atoms with Crippen LogP contribution in [0.4, 0.5) is 34.1 Å². The maximum Gasteiger partial charge on any atom is 0.0543 e. The molecule has 0 radical (unpaired) electrons. The maximum absolute atomic E-state index is 2.48. The standard InChI is InChI=1S/C51H44N2/c1-33-11-20-39(21-12-33)52(40-22-13-34(2)14-23-40)43-28-19-37-30-46-47(31-38(37)29-43)51(5,6)48-32-49(44-9-7-8-10-45(44)50(46)48)53(41-24-15-35(3)16-25-41)42-26-17-36(4)18-27-42/h7-32H,1-6H3. The van der Waals surface area contributed by atoms with Gasteiger partial charge >= 0.3 is 0 Å². The van der Waals surface area contributed by atoms with Crippen molar-refractivity contribution in [3.05, 3.63) is 191 Å². The number of anilines is 6. The molecule has 2 heteroatoms.